The van der Waals surface area contributed by atoms with E-state index >= 15 is 0 Å². The van der Waals surface area contributed by atoms with Gasteiger partial charge in [0, 0.05) is 36.2 Å². The van der Waals surface area contributed by atoms with Gasteiger partial charge in [-0.2, -0.15) is 8.42 Å². The summed E-state index contributed by atoms with van der Waals surface area (Å²) in [7, 11) is -4.39. The molecule has 0 amide bonds. The number of rotatable bonds is 9. The van der Waals surface area contributed by atoms with Crippen LogP contribution in [0.1, 0.15) is 31.4 Å². The van der Waals surface area contributed by atoms with Crippen molar-refractivity contribution in [1.82, 2.24) is 9.55 Å². The lowest BCUT2D eigenvalue weighted by Crippen LogP contribution is -2.33. The van der Waals surface area contributed by atoms with Crippen molar-refractivity contribution in [1.29, 1.82) is 0 Å². The van der Waals surface area contributed by atoms with Crippen LogP contribution < -0.4 is 15.2 Å². The molecule has 1 unspecified atom stereocenters. The number of anilines is 2. The molecule has 5 rings (SSSR count). The maximum Gasteiger partial charge on any atom is 0.286 e. The van der Waals surface area contributed by atoms with Crippen LogP contribution in [0, 0.1) is 5.92 Å². The van der Waals surface area contributed by atoms with Crippen LogP contribution in [0.3, 0.4) is 0 Å². The Hall–Kier alpha value is -4.07. The first-order chi connectivity index (χ1) is 19.6. The molecule has 11 nitrogen and oxygen atoms in total. The van der Waals surface area contributed by atoms with Crippen LogP contribution in [0.2, 0.25) is 0 Å². The number of hydrogen-bond donors (Lipinski definition) is 2. The third-order valence-electron chi connectivity index (χ3n) is 6.78. The Morgan fingerprint density at radius 3 is 2.59 bits per heavy atom. The molecule has 2 aromatic heterocycles. The number of nitrogens with zero attached hydrogens (tertiary/aromatic N) is 4. The zero-order valence-corrected chi connectivity index (χ0v) is 24.0. The van der Waals surface area contributed by atoms with Crippen molar-refractivity contribution in [2.24, 2.45) is 10.3 Å². The molecule has 2 N–H and O–H groups in total. The zero-order valence-electron chi connectivity index (χ0n) is 22.4. The van der Waals surface area contributed by atoms with E-state index < -0.39 is 32.6 Å². The summed E-state index contributed by atoms with van der Waals surface area (Å²) in [6.07, 6.45) is 2.58. The fraction of sp³-hybridized carbons (Fsp3) is 0.250. The van der Waals surface area contributed by atoms with Gasteiger partial charge >= 0.3 is 0 Å². The molecule has 0 radical (unpaired) electrons. The number of hydrogen-bond acceptors (Lipinski definition) is 8. The average Bonchev–Trinajstić information content (AvgIpc) is 2.93. The highest BCUT2D eigenvalue weighted by atomic mass is 32.2. The van der Waals surface area contributed by atoms with E-state index in [-0.39, 0.29) is 51.2 Å². The summed E-state index contributed by atoms with van der Waals surface area (Å²) in [5, 5.41) is 14.2. The van der Waals surface area contributed by atoms with Crippen molar-refractivity contribution in [2.45, 2.75) is 38.1 Å². The van der Waals surface area contributed by atoms with Crippen molar-refractivity contribution >= 4 is 49.5 Å². The van der Waals surface area contributed by atoms with Gasteiger partial charge in [-0.05, 0) is 54.7 Å². The lowest BCUT2D eigenvalue weighted by molar-refractivity contribution is 0.473. The van der Waals surface area contributed by atoms with Gasteiger partial charge in [0.05, 0.1) is 11.1 Å². The Bertz CT molecular complexity index is 1840. The molecule has 0 saturated carbocycles. The van der Waals surface area contributed by atoms with Gasteiger partial charge < -0.3 is 19.3 Å². The summed E-state index contributed by atoms with van der Waals surface area (Å²) in [6.45, 7) is 4.42. The average molecular weight is 595 g/mol. The molecule has 0 saturated heterocycles. The van der Waals surface area contributed by atoms with E-state index in [4.69, 9.17) is 0 Å². The van der Waals surface area contributed by atoms with Crippen molar-refractivity contribution in [2.75, 3.05) is 16.2 Å². The number of sulfonamides is 1. The lowest BCUT2D eigenvalue weighted by atomic mass is 10.1. The molecule has 0 fully saturated rings. The number of pyridine rings is 2. The molecule has 4 aromatic rings. The highest BCUT2D eigenvalue weighted by Crippen LogP contribution is 2.34. The molecule has 13 heteroatoms. The normalized spacial score (nSPS) is 14.8. The van der Waals surface area contributed by atoms with Crippen LogP contribution >= 0.6 is 0 Å². The van der Waals surface area contributed by atoms with Gasteiger partial charge in [-0.25, -0.2) is 4.98 Å². The molecule has 1 aliphatic heterocycles. The molecule has 41 heavy (non-hydrogen) atoms. The van der Waals surface area contributed by atoms with Gasteiger partial charge in [0.1, 0.15) is 21.9 Å². The van der Waals surface area contributed by atoms with Crippen LogP contribution in [0.4, 0.5) is 11.4 Å². The van der Waals surface area contributed by atoms with Crippen LogP contribution in [-0.2, 0) is 34.3 Å². The van der Waals surface area contributed by atoms with Crippen molar-refractivity contribution < 1.29 is 22.3 Å². The van der Waals surface area contributed by atoms with Crippen LogP contribution in [0.15, 0.2) is 80.9 Å². The van der Waals surface area contributed by atoms with Gasteiger partial charge in [-0.3, -0.25) is 13.6 Å². The summed E-state index contributed by atoms with van der Waals surface area (Å²) in [6, 6.07) is 16.6. The first-order valence-corrected chi connectivity index (χ1v) is 15.4. The topological polar surface area (TPSA) is 157 Å². The maximum absolute atomic E-state index is 13.6. The molecular formula is C28H28N5O6S2-. The Morgan fingerprint density at radius 2 is 1.88 bits per heavy atom. The molecule has 214 valence electrons. The number of amidine groups is 1. The number of nitrogens with one attached hydrogen (secondary N) is 1. The Labute approximate surface area is 239 Å². The SMILES string of the molecule is CC(C)CCn1c(=O)c(C2=NS(=O)(=O)c3cc(N(CCc4ccccc4)S(=O)[O-])ccc3N2)c(O)c2cccnc21. The third kappa shape index (κ3) is 5.73. The Morgan fingerprint density at radius 1 is 1.12 bits per heavy atom. The van der Waals surface area contributed by atoms with Gasteiger partial charge in [-0.1, -0.05) is 44.2 Å². The van der Waals surface area contributed by atoms with Gasteiger partial charge in [-0.15, -0.1) is 4.40 Å². The molecule has 3 heterocycles. The van der Waals surface area contributed by atoms with E-state index in [1.165, 1.54) is 29.0 Å². The molecule has 0 bridgehead atoms. The van der Waals surface area contributed by atoms with Crippen LogP contribution in [0.25, 0.3) is 11.0 Å². The number of aromatic nitrogens is 2. The second kappa shape index (κ2) is 11.4. The Balaban J connectivity index is 1.54. The summed E-state index contributed by atoms with van der Waals surface area (Å²) in [5.74, 6) is -0.486. The number of fused-ring (bicyclic) bond motifs is 2. The monoisotopic (exact) mass is 594 g/mol. The fourth-order valence-electron chi connectivity index (χ4n) is 4.65. The van der Waals surface area contributed by atoms with E-state index in [2.05, 4.69) is 14.7 Å². The van der Waals surface area contributed by atoms with Gasteiger partial charge in [0.2, 0.25) is 0 Å². The molecule has 0 aliphatic carbocycles. The zero-order chi connectivity index (χ0) is 29.3. The van der Waals surface area contributed by atoms with Crippen LogP contribution in [-0.4, -0.2) is 44.2 Å². The summed E-state index contributed by atoms with van der Waals surface area (Å²) in [4.78, 5) is 17.6. The first kappa shape index (κ1) is 28.5. The van der Waals surface area contributed by atoms with Crippen molar-refractivity contribution in [3.8, 4) is 5.75 Å². The lowest BCUT2D eigenvalue weighted by Gasteiger charge is -2.28. The fourth-order valence-corrected chi connectivity index (χ4v) is 6.32. The van der Waals surface area contributed by atoms with E-state index in [0.717, 1.165) is 9.87 Å². The minimum Gasteiger partial charge on any atom is -0.755 e. The quantitative estimate of drug-likeness (QED) is 0.279. The molecule has 0 spiro atoms. The van der Waals surface area contributed by atoms with E-state index in [1.54, 1.807) is 12.1 Å². The molecule has 1 aliphatic rings. The smallest absolute Gasteiger partial charge is 0.286 e. The highest BCUT2D eigenvalue weighted by molar-refractivity contribution is 7.90. The van der Waals surface area contributed by atoms with Crippen molar-refractivity contribution in [3.05, 3.63) is 88.3 Å². The van der Waals surface area contributed by atoms with Crippen LogP contribution in [0.5, 0.6) is 5.75 Å². The summed E-state index contributed by atoms with van der Waals surface area (Å²) < 4.78 is 57.2. The third-order valence-corrected chi connectivity index (χ3v) is 8.85. The maximum atomic E-state index is 13.6. The predicted octanol–water partition coefficient (Wildman–Crippen LogP) is 3.55. The second-order valence-electron chi connectivity index (χ2n) is 10.0. The Kier molecular flexibility index (Phi) is 7.93. The number of aromatic hydroxyl groups is 1. The molecule has 2 aromatic carbocycles. The largest absolute Gasteiger partial charge is 0.755 e. The first-order valence-electron chi connectivity index (χ1n) is 12.9. The van der Waals surface area contributed by atoms with Gasteiger partial charge in [0.15, 0.2) is 5.84 Å². The summed E-state index contributed by atoms with van der Waals surface area (Å²) >= 11 is -2.67. The van der Waals surface area contributed by atoms with E-state index in [1.807, 2.05) is 44.2 Å². The highest BCUT2D eigenvalue weighted by Gasteiger charge is 2.31. The number of aryl methyl sites for hydroxylation is 1. The summed E-state index contributed by atoms with van der Waals surface area (Å²) in [5.41, 5.74) is 0.520. The minimum absolute atomic E-state index is 0.0931. The van der Waals surface area contributed by atoms with Crippen molar-refractivity contribution in [3.63, 3.8) is 0 Å². The predicted molar refractivity (Wildman–Crippen MR) is 157 cm³/mol. The van der Waals surface area contributed by atoms with Gasteiger partial charge in [0.25, 0.3) is 15.6 Å². The van der Waals surface area contributed by atoms with E-state index in [0.29, 0.717) is 19.4 Å². The second-order valence-corrected chi connectivity index (χ2v) is 12.5. The number of benzene rings is 2. The van der Waals surface area contributed by atoms with E-state index in [9.17, 15) is 27.1 Å². The minimum atomic E-state index is -4.39. The standard InChI is InChI=1S/C28H29N5O6S2/c1-18(2)12-15-32-27-21(9-6-14-29-27)25(34)24(28(32)35)26-30-22-11-10-20(17-23(22)41(38,39)31-26)33(40(36)37)16-13-19-7-4-3-5-8-19/h3-11,14,17-18,34H,12-13,15-16H2,1-2H3,(H,30,31)(H,36,37)/p-1. The molecular weight excluding hydrogens is 566 g/mol. The molecule has 1 atom stereocenters.